The number of anilines is 1. The van der Waals surface area contributed by atoms with Gasteiger partial charge in [-0.25, -0.2) is 12.8 Å². The number of sulfonamides is 1. The average Bonchev–Trinajstić information content (AvgIpc) is 2.58. The number of rotatable bonds is 5. The minimum Gasteiger partial charge on any atom is -0.488 e. The lowest BCUT2D eigenvalue weighted by Crippen LogP contribution is -2.21. The molecule has 2 aromatic carbocycles. The number of hydrogen-bond donors (Lipinski definition) is 1. The summed E-state index contributed by atoms with van der Waals surface area (Å²) < 4.78 is 47.2. The van der Waals surface area contributed by atoms with E-state index >= 15 is 0 Å². The molecule has 3 rings (SSSR count). The standard InChI is InChI=1S/C19H22FNO3S/c1-14-7-10-17(11-8-14)25(22,23)21-18-13-15(20)9-12-19(18)24-16-5-3-2-4-6-16/h7-13,16,21H,2-6H2,1H3. The predicted octanol–water partition coefficient (Wildman–Crippen LogP) is 4.65. The highest BCUT2D eigenvalue weighted by Crippen LogP contribution is 2.31. The molecule has 0 spiro atoms. The van der Waals surface area contributed by atoms with Crippen LogP contribution in [0.25, 0.3) is 0 Å². The van der Waals surface area contributed by atoms with E-state index in [1.807, 2.05) is 6.92 Å². The minimum atomic E-state index is -3.81. The summed E-state index contributed by atoms with van der Waals surface area (Å²) in [5, 5.41) is 0. The molecule has 4 nitrogen and oxygen atoms in total. The molecule has 0 heterocycles. The van der Waals surface area contributed by atoms with Gasteiger partial charge in [0.05, 0.1) is 16.7 Å². The number of halogens is 1. The largest absolute Gasteiger partial charge is 0.488 e. The summed E-state index contributed by atoms with van der Waals surface area (Å²) in [6, 6.07) is 10.4. The van der Waals surface area contributed by atoms with Gasteiger partial charge in [0.25, 0.3) is 10.0 Å². The Kier molecular flexibility index (Phi) is 5.27. The maximum atomic E-state index is 13.7. The topological polar surface area (TPSA) is 55.4 Å². The van der Waals surface area contributed by atoms with Crippen LogP contribution in [0, 0.1) is 12.7 Å². The van der Waals surface area contributed by atoms with Gasteiger partial charge < -0.3 is 4.74 Å². The summed E-state index contributed by atoms with van der Waals surface area (Å²) in [7, 11) is -3.81. The third kappa shape index (κ3) is 4.51. The lowest BCUT2D eigenvalue weighted by Gasteiger charge is -2.24. The molecule has 134 valence electrons. The van der Waals surface area contributed by atoms with Crippen molar-refractivity contribution in [3.8, 4) is 5.75 Å². The van der Waals surface area contributed by atoms with E-state index in [-0.39, 0.29) is 16.7 Å². The van der Waals surface area contributed by atoms with Gasteiger partial charge in [-0.2, -0.15) is 0 Å². The fourth-order valence-corrected chi connectivity index (χ4v) is 4.03. The Hall–Kier alpha value is -2.08. The van der Waals surface area contributed by atoms with Gasteiger partial charge in [-0.15, -0.1) is 0 Å². The van der Waals surface area contributed by atoms with Crippen LogP contribution in [0.5, 0.6) is 5.75 Å². The lowest BCUT2D eigenvalue weighted by molar-refractivity contribution is 0.156. The van der Waals surface area contributed by atoms with Crippen LogP contribution < -0.4 is 9.46 Å². The Labute approximate surface area is 148 Å². The van der Waals surface area contributed by atoms with Crippen LogP contribution >= 0.6 is 0 Å². The van der Waals surface area contributed by atoms with Crippen molar-refractivity contribution in [1.29, 1.82) is 0 Å². The monoisotopic (exact) mass is 363 g/mol. The number of benzene rings is 2. The van der Waals surface area contributed by atoms with E-state index in [0.29, 0.717) is 5.75 Å². The first-order chi connectivity index (χ1) is 11.9. The molecule has 1 N–H and O–H groups in total. The van der Waals surface area contributed by atoms with E-state index in [1.54, 1.807) is 12.1 Å². The van der Waals surface area contributed by atoms with Gasteiger partial charge in [-0.05, 0) is 56.9 Å². The van der Waals surface area contributed by atoms with Gasteiger partial charge in [0.1, 0.15) is 11.6 Å². The molecule has 0 amide bonds. The van der Waals surface area contributed by atoms with Crippen molar-refractivity contribution in [3.63, 3.8) is 0 Å². The zero-order valence-electron chi connectivity index (χ0n) is 14.2. The second-order valence-corrected chi connectivity index (χ2v) is 8.12. The van der Waals surface area contributed by atoms with Crippen LogP contribution in [0.1, 0.15) is 37.7 Å². The fraction of sp³-hybridized carbons (Fsp3) is 0.368. The molecular weight excluding hydrogens is 341 g/mol. The third-order valence-corrected chi connectivity index (χ3v) is 5.74. The maximum Gasteiger partial charge on any atom is 0.262 e. The van der Waals surface area contributed by atoms with Crippen molar-refractivity contribution in [1.82, 2.24) is 0 Å². The molecule has 1 saturated carbocycles. The smallest absolute Gasteiger partial charge is 0.262 e. The Morgan fingerprint density at radius 1 is 1.04 bits per heavy atom. The van der Waals surface area contributed by atoms with E-state index in [0.717, 1.165) is 37.3 Å². The number of aryl methyl sites for hydroxylation is 1. The molecule has 1 aliphatic rings. The van der Waals surface area contributed by atoms with Crippen LogP contribution in [0.4, 0.5) is 10.1 Å². The number of ether oxygens (including phenoxy) is 1. The molecule has 0 atom stereocenters. The van der Waals surface area contributed by atoms with E-state index in [4.69, 9.17) is 4.74 Å². The fourth-order valence-electron chi connectivity index (χ4n) is 2.97. The summed E-state index contributed by atoms with van der Waals surface area (Å²) in [5.74, 6) is -0.151. The Balaban J connectivity index is 1.85. The van der Waals surface area contributed by atoms with Crippen LogP contribution in [0.15, 0.2) is 47.4 Å². The molecule has 0 aromatic heterocycles. The predicted molar refractivity (Wildman–Crippen MR) is 95.9 cm³/mol. The zero-order valence-corrected chi connectivity index (χ0v) is 15.0. The lowest BCUT2D eigenvalue weighted by atomic mass is 9.98. The van der Waals surface area contributed by atoms with Gasteiger partial charge in [0, 0.05) is 6.07 Å². The second-order valence-electron chi connectivity index (χ2n) is 6.44. The van der Waals surface area contributed by atoms with E-state index in [2.05, 4.69) is 4.72 Å². The quantitative estimate of drug-likeness (QED) is 0.841. The van der Waals surface area contributed by atoms with Gasteiger partial charge >= 0.3 is 0 Å². The van der Waals surface area contributed by atoms with Crippen LogP contribution in [-0.2, 0) is 10.0 Å². The van der Waals surface area contributed by atoms with Gasteiger partial charge in [0.15, 0.2) is 0 Å². The highest BCUT2D eigenvalue weighted by atomic mass is 32.2. The van der Waals surface area contributed by atoms with Crippen molar-refractivity contribution < 1.29 is 17.5 Å². The van der Waals surface area contributed by atoms with Crippen molar-refractivity contribution in [2.24, 2.45) is 0 Å². The normalized spacial score (nSPS) is 15.8. The first-order valence-electron chi connectivity index (χ1n) is 8.50. The van der Waals surface area contributed by atoms with Crippen LogP contribution in [0.2, 0.25) is 0 Å². The maximum absolute atomic E-state index is 13.7. The SMILES string of the molecule is Cc1ccc(S(=O)(=O)Nc2cc(F)ccc2OC2CCCCC2)cc1. The summed E-state index contributed by atoms with van der Waals surface area (Å²) in [6.07, 6.45) is 5.29. The van der Waals surface area contributed by atoms with Crippen molar-refractivity contribution in [3.05, 3.63) is 53.8 Å². The molecule has 1 fully saturated rings. The molecule has 2 aromatic rings. The molecule has 1 aliphatic carbocycles. The zero-order chi connectivity index (χ0) is 17.9. The Bertz CT molecular complexity index is 828. The van der Waals surface area contributed by atoms with Gasteiger partial charge in [-0.1, -0.05) is 24.1 Å². The summed E-state index contributed by atoms with van der Waals surface area (Å²) >= 11 is 0. The molecule has 0 radical (unpaired) electrons. The average molecular weight is 363 g/mol. The van der Waals surface area contributed by atoms with Gasteiger partial charge in [-0.3, -0.25) is 4.72 Å². The Morgan fingerprint density at radius 3 is 2.40 bits per heavy atom. The molecule has 25 heavy (non-hydrogen) atoms. The van der Waals surface area contributed by atoms with E-state index in [1.165, 1.54) is 30.7 Å². The molecule has 0 bridgehead atoms. The van der Waals surface area contributed by atoms with Crippen LogP contribution in [-0.4, -0.2) is 14.5 Å². The van der Waals surface area contributed by atoms with Crippen LogP contribution in [0.3, 0.4) is 0 Å². The summed E-state index contributed by atoms with van der Waals surface area (Å²) in [5.41, 5.74) is 1.09. The highest BCUT2D eigenvalue weighted by Gasteiger charge is 2.20. The van der Waals surface area contributed by atoms with E-state index in [9.17, 15) is 12.8 Å². The molecule has 0 unspecified atom stereocenters. The third-order valence-electron chi connectivity index (χ3n) is 4.36. The minimum absolute atomic E-state index is 0.0434. The summed E-state index contributed by atoms with van der Waals surface area (Å²) in [6.45, 7) is 1.88. The van der Waals surface area contributed by atoms with Gasteiger partial charge in [0.2, 0.25) is 0 Å². The number of nitrogens with one attached hydrogen (secondary N) is 1. The first kappa shape index (κ1) is 17.7. The summed E-state index contributed by atoms with van der Waals surface area (Å²) in [4.78, 5) is 0.131. The van der Waals surface area contributed by atoms with Crippen molar-refractivity contribution in [2.45, 2.75) is 50.0 Å². The van der Waals surface area contributed by atoms with Crippen molar-refractivity contribution >= 4 is 15.7 Å². The molecular formula is C19H22FNO3S. The second kappa shape index (κ2) is 7.44. The molecule has 0 saturated heterocycles. The number of hydrogen-bond acceptors (Lipinski definition) is 3. The van der Waals surface area contributed by atoms with E-state index < -0.39 is 15.8 Å². The Morgan fingerprint density at radius 2 is 1.72 bits per heavy atom. The highest BCUT2D eigenvalue weighted by molar-refractivity contribution is 7.92. The first-order valence-corrected chi connectivity index (χ1v) is 9.98. The molecule has 0 aliphatic heterocycles. The van der Waals surface area contributed by atoms with Crippen molar-refractivity contribution in [2.75, 3.05) is 4.72 Å². The molecule has 6 heteroatoms.